The van der Waals surface area contributed by atoms with Gasteiger partial charge in [0.05, 0.1) is 20.8 Å². The quantitative estimate of drug-likeness (QED) is 0.911. The first-order valence-electron chi connectivity index (χ1n) is 7.56. The maximum Gasteiger partial charge on any atom is 0.407 e. The van der Waals surface area contributed by atoms with Crippen molar-refractivity contribution in [2.45, 2.75) is 18.4 Å². The smallest absolute Gasteiger partial charge is 0.407 e. The van der Waals surface area contributed by atoms with Gasteiger partial charge in [0.1, 0.15) is 22.7 Å². The van der Waals surface area contributed by atoms with Crippen LogP contribution in [0.25, 0.3) is 0 Å². The Hall–Kier alpha value is -2.44. The fraction of sp³-hybridized carbons (Fsp3) is 0.500. The number of methoxy groups -OCH3 is 2. The molecule has 0 bridgehead atoms. The van der Waals surface area contributed by atoms with E-state index in [9.17, 15) is 9.59 Å². The summed E-state index contributed by atoms with van der Waals surface area (Å²) >= 11 is 0. The molecule has 2 fully saturated rings. The van der Waals surface area contributed by atoms with E-state index in [1.165, 1.54) is 14.2 Å². The van der Waals surface area contributed by atoms with Gasteiger partial charge in [-0.25, -0.2) is 4.79 Å². The number of rotatable bonds is 3. The number of hydrogen-bond donors (Lipinski definition) is 1. The summed E-state index contributed by atoms with van der Waals surface area (Å²) in [5.74, 6) is 0.846. The Kier molecular flexibility index (Phi) is 4.02. The van der Waals surface area contributed by atoms with E-state index in [0.29, 0.717) is 49.5 Å². The van der Waals surface area contributed by atoms with Gasteiger partial charge in [-0.1, -0.05) is 6.07 Å². The number of ether oxygens (including phenoxy) is 3. The van der Waals surface area contributed by atoms with Gasteiger partial charge in [0.25, 0.3) is 5.91 Å². The molecule has 23 heavy (non-hydrogen) atoms. The van der Waals surface area contributed by atoms with E-state index in [-0.39, 0.29) is 12.0 Å². The second-order valence-electron chi connectivity index (χ2n) is 5.76. The molecule has 1 aromatic carbocycles. The van der Waals surface area contributed by atoms with Crippen LogP contribution in [0.4, 0.5) is 4.79 Å². The summed E-state index contributed by atoms with van der Waals surface area (Å²) in [6.07, 6.45) is 0.861. The zero-order valence-electron chi connectivity index (χ0n) is 13.3. The Bertz CT molecular complexity index is 601. The van der Waals surface area contributed by atoms with Gasteiger partial charge < -0.3 is 24.4 Å². The summed E-state index contributed by atoms with van der Waals surface area (Å²) in [5.41, 5.74) is -0.0476. The molecular formula is C16H20N2O5. The van der Waals surface area contributed by atoms with Crippen LogP contribution >= 0.6 is 0 Å². The highest BCUT2D eigenvalue weighted by atomic mass is 16.6. The highest BCUT2D eigenvalue weighted by molar-refractivity contribution is 5.99. The van der Waals surface area contributed by atoms with E-state index < -0.39 is 5.60 Å². The summed E-state index contributed by atoms with van der Waals surface area (Å²) < 4.78 is 16.0. The first-order chi connectivity index (χ1) is 11.1. The molecule has 1 aromatic rings. The Morgan fingerprint density at radius 3 is 2.30 bits per heavy atom. The summed E-state index contributed by atoms with van der Waals surface area (Å²) in [4.78, 5) is 25.9. The summed E-state index contributed by atoms with van der Waals surface area (Å²) in [6, 6.07) is 5.26. The lowest BCUT2D eigenvalue weighted by molar-refractivity contribution is 0.00317. The number of nitrogens with zero attached hydrogens (tertiary/aromatic N) is 1. The molecule has 2 amide bonds. The Morgan fingerprint density at radius 2 is 1.83 bits per heavy atom. The van der Waals surface area contributed by atoms with Crippen molar-refractivity contribution < 1.29 is 23.8 Å². The minimum absolute atomic E-state index is 0.133. The molecule has 2 saturated heterocycles. The van der Waals surface area contributed by atoms with Crippen LogP contribution in [0.15, 0.2) is 18.2 Å². The molecule has 0 aliphatic carbocycles. The summed E-state index contributed by atoms with van der Waals surface area (Å²) in [6.45, 7) is 1.55. The number of carbonyl (C=O) groups excluding carboxylic acids is 2. The molecule has 0 aromatic heterocycles. The number of hydrogen-bond acceptors (Lipinski definition) is 5. The third kappa shape index (κ3) is 2.78. The fourth-order valence-corrected chi connectivity index (χ4v) is 3.12. The van der Waals surface area contributed by atoms with Crippen LogP contribution in [0.2, 0.25) is 0 Å². The lowest BCUT2D eigenvalue weighted by Crippen LogP contribution is -2.48. The van der Waals surface area contributed by atoms with E-state index in [4.69, 9.17) is 14.2 Å². The minimum atomic E-state index is -0.473. The molecule has 124 valence electrons. The zero-order chi connectivity index (χ0) is 16.4. The zero-order valence-corrected chi connectivity index (χ0v) is 13.3. The van der Waals surface area contributed by atoms with Crippen LogP contribution in [0.3, 0.4) is 0 Å². The fourth-order valence-electron chi connectivity index (χ4n) is 3.12. The van der Waals surface area contributed by atoms with Crippen LogP contribution in [0, 0.1) is 0 Å². The van der Waals surface area contributed by atoms with Gasteiger partial charge in [0.15, 0.2) is 0 Å². The Morgan fingerprint density at radius 1 is 1.22 bits per heavy atom. The third-order valence-corrected chi connectivity index (χ3v) is 4.47. The van der Waals surface area contributed by atoms with Gasteiger partial charge in [-0.05, 0) is 12.1 Å². The molecule has 2 heterocycles. The van der Waals surface area contributed by atoms with Crippen molar-refractivity contribution in [3.05, 3.63) is 23.8 Å². The van der Waals surface area contributed by atoms with E-state index in [1.54, 1.807) is 23.1 Å². The average Bonchev–Trinajstić information content (AvgIpc) is 2.94. The molecule has 0 radical (unpaired) electrons. The highest BCUT2D eigenvalue weighted by Crippen LogP contribution is 2.33. The van der Waals surface area contributed by atoms with Crippen molar-refractivity contribution in [1.82, 2.24) is 10.2 Å². The second kappa shape index (κ2) is 5.98. The largest absolute Gasteiger partial charge is 0.496 e. The molecule has 1 spiro atoms. The van der Waals surface area contributed by atoms with Crippen LogP contribution in [-0.2, 0) is 4.74 Å². The van der Waals surface area contributed by atoms with Gasteiger partial charge in [-0.15, -0.1) is 0 Å². The van der Waals surface area contributed by atoms with Crippen molar-refractivity contribution >= 4 is 12.0 Å². The average molecular weight is 320 g/mol. The number of amides is 2. The van der Waals surface area contributed by atoms with Gasteiger partial charge in [0.2, 0.25) is 0 Å². The molecule has 0 atom stereocenters. The molecule has 7 heteroatoms. The lowest BCUT2D eigenvalue weighted by Gasteiger charge is -2.37. The van der Waals surface area contributed by atoms with Gasteiger partial charge in [-0.3, -0.25) is 4.79 Å². The number of likely N-dealkylation sites (tertiary alicyclic amines) is 1. The minimum Gasteiger partial charge on any atom is -0.496 e. The van der Waals surface area contributed by atoms with Crippen molar-refractivity contribution in [2.24, 2.45) is 0 Å². The SMILES string of the molecule is COc1cccc(OC)c1C(=O)N1CCC2(CC1)CNC(=O)O2. The Balaban J connectivity index is 1.77. The molecule has 2 aliphatic rings. The molecule has 0 unspecified atom stereocenters. The topological polar surface area (TPSA) is 77.1 Å². The standard InChI is InChI=1S/C16H20N2O5/c1-21-11-4-3-5-12(22-2)13(11)14(19)18-8-6-16(7-9-18)10-17-15(20)23-16/h3-5H,6-10H2,1-2H3,(H,17,20). The number of piperidine rings is 1. The van der Waals surface area contributed by atoms with Gasteiger partial charge in [-0.2, -0.15) is 0 Å². The lowest BCUT2D eigenvalue weighted by atomic mass is 9.91. The van der Waals surface area contributed by atoms with Crippen LogP contribution < -0.4 is 14.8 Å². The molecular weight excluding hydrogens is 300 g/mol. The van der Waals surface area contributed by atoms with E-state index in [2.05, 4.69) is 5.32 Å². The highest BCUT2D eigenvalue weighted by Gasteiger charge is 2.44. The van der Waals surface area contributed by atoms with Crippen molar-refractivity contribution in [3.8, 4) is 11.5 Å². The van der Waals surface area contributed by atoms with Crippen LogP contribution in [0.5, 0.6) is 11.5 Å². The predicted molar refractivity (Wildman–Crippen MR) is 81.9 cm³/mol. The predicted octanol–water partition coefficient (Wildman–Crippen LogP) is 1.42. The first-order valence-corrected chi connectivity index (χ1v) is 7.56. The number of alkyl carbamates (subject to hydrolysis) is 1. The van der Waals surface area contributed by atoms with Crippen molar-refractivity contribution in [3.63, 3.8) is 0 Å². The van der Waals surface area contributed by atoms with Crippen molar-refractivity contribution in [1.29, 1.82) is 0 Å². The molecule has 7 nitrogen and oxygen atoms in total. The number of carbonyl (C=O) groups is 2. The van der Waals surface area contributed by atoms with E-state index >= 15 is 0 Å². The monoisotopic (exact) mass is 320 g/mol. The van der Waals surface area contributed by atoms with E-state index in [1.807, 2.05) is 0 Å². The molecule has 2 aliphatic heterocycles. The number of nitrogens with one attached hydrogen (secondary N) is 1. The molecule has 1 N–H and O–H groups in total. The maximum atomic E-state index is 12.9. The molecule has 3 rings (SSSR count). The third-order valence-electron chi connectivity index (χ3n) is 4.47. The summed E-state index contributed by atoms with van der Waals surface area (Å²) in [7, 11) is 3.06. The first kappa shape index (κ1) is 15.5. The Labute approximate surface area is 134 Å². The van der Waals surface area contributed by atoms with Crippen molar-refractivity contribution in [2.75, 3.05) is 33.9 Å². The van der Waals surface area contributed by atoms with Gasteiger partial charge in [0, 0.05) is 25.9 Å². The molecule has 0 saturated carbocycles. The number of benzene rings is 1. The van der Waals surface area contributed by atoms with E-state index in [0.717, 1.165) is 0 Å². The van der Waals surface area contributed by atoms with Gasteiger partial charge >= 0.3 is 6.09 Å². The second-order valence-corrected chi connectivity index (χ2v) is 5.76. The maximum absolute atomic E-state index is 12.9. The summed E-state index contributed by atoms with van der Waals surface area (Å²) in [5, 5.41) is 2.69. The van der Waals surface area contributed by atoms with Crippen LogP contribution in [-0.4, -0.2) is 56.4 Å². The van der Waals surface area contributed by atoms with Crippen LogP contribution in [0.1, 0.15) is 23.2 Å². The normalized spacial score (nSPS) is 19.2.